The number of nitrogens with one attached hydrogen (secondary N) is 2. The first-order chi connectivity index (χ1) is 13.0. The van der Waals surface area contributed by atoms with Gasteiger partial charge in [0, 0.05) is 13.1 Å². The van der Waals surface area contributed by atoms with Gasteiger partial charge in [-0.3, -0.25) is 0 Å². The molecule has 0 radical (unpaired) electrons. The second kappa shape index (κ2) is 8.69. The Morgan fingerprint density at radius 1 is 0.926 bits per heavy atom. The van der Waals surface area contributed by atoms with E-state index in [0.717, 1.165) is 22.8 Å². The van der Waals surface area contributed by atoms with Crippen molar-refractivity contribution in [2.45, 2.75) is 31.9 Å². The first kappa shape index (κ1) is 18.9. The summed E-state index contributed by atoms with van der Waals surface area (Å²) in [6, 6.07) is 23.9. The van der Waals surface area contributed by atoms with Crippen LogP contribution in [0.1, 0.15) is 24.5 Å². The van der Waals surface area contributed by atoms with Crippen LogP contribution in [0.15, 0.2) is 72.8 Å². The van der Waals surface area contributed by atoms with E-state index in [1.807, 2.05) is 54.6 Å². The van der Waals surface area contributed by atoms with Gasteiger partial charge in [-0.25, -0.2) is 4.79 Å². The van der Waals surface area contributed by atoms with Gasteiger partial charge in [-0.05, 0) is 41.7 Å². The van der Waals surface area contributed by atoms with Crippen LogP contribution in [0, 0.1) is 0 Å². The smallest absolute Gasteiger partial charge is 0.315 e. The molecule has 3 aromatic carbocycles. The highest BCUT2D eigenvalue weighted by Crippen LogP contribution is 2.18. The molecule has 140 valence electrons. The van der Waals surface area contributed by atoms with Gasteiger partial charge in [0.2, 0.25) is 0 Å². The summed E-state index contributed by atoms with van der Waals surface area (Å²) in [6.07, 6.45) is 1.35. The number of hydrogen-bond donors (Lipinski definition) is 3. The van der Waals surface area contributed by atoms with Crippen molar-refractivity contribution in [3.05, 3.63) is 83.9 Å². The maximum absolute atomic E-state index is 12.1. The molecule has 0 bridgehead atoms. The summed E-state index contributed by atoms with van der Waals surface area (Å²) < 4.78 is 0. The van der Waals surface area contributed by atoms with Gasteiger partial charge in [0.05, 0.1) is 5.60 Å². The van der Waals surface area contributed by atoms with Crippen LogP contribution in [0.25, 0.3) is 10.8 Å². The Balaban J connectivity index is 1.47. The lowest BCUT2D eigenvalue weighted by atomic mass is 9.97. The van der Waals surface area contributed by atoms with Crippen molar-refractivity contribution in [3.63, 3.8) is 0 Å². The maximum Gasteiger partial charge on any atom is 0.315 e. The number of urea groups is 1. The van der Waals surface area contributed by atoms with Crippen molar-refractivity contribution in [3.8, 4) is 0 Å². The van der Waals surface area contributed by atoms with Gasteiger partial charge in [0.15, 0.2) is 0 Å². The molecule has 3 N–H and O–H groups in total. The van der Waals surface area contributed by atoms with Gasteiger partial charge in [-0.2, -0.15) is 0 Å². The molecule has 0 spiro atoms. The van der Waals surface area contributed by atoms with Crippen LogP contribution in [0.3, 0.4) is 0 Å². The van der Waals surface area contributed by atoms with Gasteiger partial charge >= 0.3 is 6.03 Å². The fraction of sp³-hybridized carbons (Fsp3) is 0.261. The van der Waals surface area contributed by atoms with Gasteiger partial charge in [0.1, 0.15) is 0 Å². The third-order valence-corrected chi connectivity index (χ3v) is 4.74. The SMILES string of the molecule is CC(O)(CCc1ccccc1)CNC(=O)NCc1cccc2ccccc12. The Labute approximate surface area is 160 Å². The lowest BCUT2D eigenvalue weighted by Crippen LogP contribution is -2.44. The fourth-order valence-corrected chi connectivity index (χ4v) is 3.10. The largest absolute Gasteiger partial charge is 0.388 e. The first-order valence-electron chi connectivity index (χ1n) is 9.28. The molecule has 0 aliphatic heterocycles. The van der Waals surface area contributed by atoms with Crippen LogP contribution in [-0.2, 0) is 13.0 Å². The number of benzene rings is 3. The van der Waals surface area contributed by atoms with Crippen LogP contribution in [-0.4, -0.2) is 23.3 Å². The third kappa shape index (κ3) is 5.56. The second-order valence-electron chi connectivity index (χ2n) is 7.16. The first-order valence-corrected chi connectivity index (χ1v) is 9.28. The van der Waals surface area contributed by atoms with E-state index in [1.54, 1.807) is 6.92 Å². The number of aryl methyl sites for hydroxylation is 1. The molecule has 4 nitrogen and oxygen atoms in total. The van der Waals surface area contributed by atoms with Gasteiger partial charge in [-0.1, -0.05) is 72.8 Å². The van der Waals surface area contributed by atoms with Crippen LogP contribution in [0.5, 0.6) is 0 Å². The van der Waals surface area contributed by atoms with E-state index in [4.69, 9.17) is 0 Å². The molecule has 3 aromatic rings. The molecule has 2 amide bonds. The van der Waals surface area contributed by atoms with E-state index in [2.05, 4.69) is 28.8 Å². The maximum atomic E-state index is 12.1. The number of amides is 2. The number of carbonyl (C=O) groups is 1. The Bertz CT molecular complexity index is 886. The zero-order valence-electron chi connectivity index (χ0n) is 15.6. The predicted octanol–water partition coefficient (Wildman–Crippen LogP) is 4.02. The van der Waals surface area contributed by atoms with Crippen molar-refractivity contribution < 1.29 is 9.90 Å². The number of fused-ring (bicyclic) bond motifs is 1. The fourth-order valence-electron chi connectivity index (χ4n) is 3.10. The van der Waals surface area contributed by atoms with E-state index >= 15 is 0 Å². The summed E-state index contributed by atoms with van der Waals surface area (Å²) in [5.41, 5.74) is 1.30. The Morgan fingerprint density at radius 2 is 1.63 bits per heavy atom. The minimum absolute atomic E-state index is 0.210. The second-order valence-corrected chi connectivity index (χ2v) is 7.16. The highest BCUT2D eigenvalue weighted by molar-refractivity contribution is 5.86. The van der Waals surface area contributed by atoms with Gasteiger partial charge < -0.3 is 15.7 Å². The van der Waals surface area contributed by atoms with E-state index in [-0.39, 0.29) is 12.6 Å². The average molecular weight is 362 g/mol. The van der Waals surface area contributed by atoms with E-state index in [9.17, 15) is 9.90 Å². The molecular formula is C23H26N2O2. The number of carbonyl (C=O) groups excluding carboxylic acids is 1. The molecule has 0 aliphatic carbocycles. The molecule has 1 unspecified atom stereocenters. The zero-order valence-corrected chi connectivity index (χ0v) is 15.6. The Kier molecular flexibility index (Phi) is 6.09. The highest BCUT2D eigenvalue weighted by Gasteiger charge is 2.21. The van der Waals surface area contributed by atoms with Gasteiger partial charge in [-0.15, -0.1) is 0 Å². The minimum Gasteiger partial charge on any atom is -0.388 e. The molecule has 1 atom stereocenters. The molecule has 0 aliphatic rings. The quantitative estimate of drug-likeness (QED) is 0.594. The van der Waals surface area contributed by atoms with Crippen LogP contribution < -0.4 is 10.6 Å². The molecular weight excluding hydrogens is 336 g/mol. The van der Waals surface area contributed by atoms with Crippen LogP contribution >= 0.6 is 0 Å². The van der Waals surface area contributed by atoms with Crippen molar-refractivity contribution in [2.75, 3.05) is 6.54 Å². The lowest BCUT2D eigenvalue weighted by molar-refractivity contribution is 0.0534. The number of aliphatic hydroxyl groups is 1. The summed E-state index contributed by atoms with van der Waals surface area (Å²) in [5, 5.41) is 18.5. The van der Waals surface area contributed by atoms with Crippen molar-refractivity contribution in [1.29, 1.82) is 0 Å². The summed E-state index contributed by atoms with van der Waals surface area (Å²) >= 11 is 0. The number of rotatable bonds is 7. The highest BCUT2D eigenvalue weighted by atomic mass is 16.3. The van der Waals surface area contributed by atoms with Gasteiger partial charge in [0.25, 0.3) is 0 Å². The van der Waals surface area contributed by atoms with E-state index in [1.165, 1.54) is 5.56 Å². The van der Waals surface area contributed by atoms with Crippen molar-refractivity contribution >= 4 is 16.8 Å². The molecule has 0 heterocycles. The van der Waals surface area contributed by atoms with E-state index in [0.29, 0.717) is 13.0 Å². The summed E-state index contributed by atoms with van der Waals surface area (Å²) in [5.74, 6) is 0. The standard InChI is InChI=1S/C23H26N2O2/c1-23(27,15-14-18-8-3-2-4-9-18)17-25-22(26)24-16-20-12-7-11-19-10-5-6-13-21(19)20/h2-13,27H,14-17H2,1H3,(H2,24,25,26). The molecule has 3 rings (SSSR count). The normalized spacial score (nSPS) is 13.1. The molecule has 0 saturated carbocycles. The predicted molar refractivity (Wildman–Crippen MR) is 110 cm³/mol. The minimum atomic E-state index is -0.952. The lowest BCUT2D eigenvalue weighted by Gasteiger charge is -2.24. The molecule has 4 heteroatoms. The Hall–Kier alpha value is -2.85. The van der Waals surface area contributed by atoms with E-state index < -0.39 is 5.60 Å². The third-order valence-electron chi connectivity index (χ3n) is 4.74. The van der Waals surface area contributed by atoms with Crippen LogP contribution in [0.2, 0.25) is 0 Å². The zero-order chi connectivity index (χ0) is 19.1. The average Bonchev–Trinajstić information content (AvgIpc) is 2.70. The molecule has 0 saturated heterocycles. The monoisotopic (exact) mass is 362 g/mol. The summed E-state index contributed by atoms with van der Waals surface area (Å²) in [4.78, 5) is 12.1. The topological polar surface area (TPSA) is 61.4 Å². The van der Waals surface area contributed by atoms with Crippen LogP contribution in [0.4, 0.5) is 4.79 Å². The molecule has 27 heavy (non-hydrogen) atoms. The van der Waals surface area contributed by atoms with Crippen molar-refractivity contribution in [1.82, 2.24) is 10.6 Å². The summed E-state index contributed by atoms with van der Waals surface area (Å²) in [7, 11) is 0. The molecule has 0 fully saturated rings. The molecule has 0 aromatic heterocycles. The summed E-state index contributed by atoms with van der Waals surface area (Å²) in [6.45, 7) is 2.40. The Morgan fingerprint density at radius 3 is 2.44 bits per heavy atom. The number of hydrogen-bond acceptors (Lipinski definition) is 2. The van der Waals surface area contributed by atoms with Crippen molar-refractivity contribution in [2.24, 2.45) is 0 Å².